The molecule has 0 saturated heterocycles. The van der Waals surface area contributed by atoms with E-state index in [1.807, 2.05) is 4.72 Å². The first-order chi connectivity index (χ1) is 15.0. The molecule has 1 amide bonds. The molecule has 0 aliphatic carbocycles. The number of hydrogen-bond donors (Lipinski definition) is 2. The Kier molecular flexibility index (Phi) is 9.31. The van der Waals surface area contributed by atoms with Crippen LogP contribution in [0.4, 0.5) is 13.6 Å². The van der Waals surface area contributed by atoms with Gasteiger partial charge in [0.05, 0.1) is 6.61 Å². The fourth-order valence-electron chi connectivity index (χ4n) is 2.59. The summed E-state index contributed by atoms with van der Waals surface area (Å²) in [5.41, 5.74) is -2.47. The van der Waals surface area contributed by atoms with E-state index in [0.29, 0.717) is 0 Å². The van der Waals surface area contributed by atoms with Crippen LogP contribution in [0.3, 0.4) is 0 Å². The quantitative estimate of drug-likeness (QED) is 0.374. The minimum atomic E-state index is -4.80. The molecule has 2 N–H and O–H groups in total. The number of amides is 1. The Balaban J connectivity index is 3.08. The number of ether oxygens (including phenoxy) is 2. The van der Waals surface area contributed by atoms with Gasteiger partial charge in [0.1, 0.15) is 11.6 Å². The van der Waals surface area contributed by atoms with E-state index in [0.717, 1.165) is 18.2 Å². The minimum Gasteiger partial charge on any atom is -0.460 e. The lowest BCUT2D eigenvalue weighted by atomic mass is 9.94. The molecule has 186 valence electrons. The Labute approximate surface area is 191 Å². The third-order valence-corrected chi connectivity index (χ3v) is 4.90. The maximum Gasteiger partial charge on any atom is 0.408 e. The van der Waals surface area contributed by atoms with Gasteiger partial charge in [-0.3, -0.25) is 4.79 Å². The van der Waals surface area contributed by atoms with Crippen LogP contribution in [-0.4, -0.2) is 50.1 Å². The number of carbonyl (C=O) groups excluding carboxylic acids is 3. The second-order valence-electron chi connectivity index (χ2n) is 8.56. The van der Waals surface area contributed by atoms with E-state index in [2.05, 4.69) is 14.2 Å². The fraction of sp³-hybridized carbons (Fsp3) is 0.550. The zero-order valence-corrected chi connectivity index (χ0v) is 20.0. The fourth-order valence-corrected chi connectivity index (χ4v) is 3.77. The second kappa shape index (κ2) is 10.9. The van der Waals surface area contributed by atoms with Gasteiger partial charge in [-0.25, -0.2) is 18.4 Å². The van der Waals surface area contributed by atoms with Crippen molar-refractivity contribution in [3.05, 3.63) is 29.8 Å². The third-order valence-electron chi connectivity index (χ3n) is 3.71. The molecule has 1 aromatic rings. The van der Waals surface area contributed by atoms with Gasteiger partial charge < -0.3 is 19.0 Å². The molecule has 0 aliphatic heterocycles. The highest BCUT2D eigenvalue weighted by Crippen LogP contribution is 2.23. The van der Waals surface area contributed by atoms with Crippen LogP contribution in [0.5, 0.6) is 5.75 Å². The van der Waals surface area contributed by atoms with Gasteiger partial charge in [-0.05, 0) is 60.1 Å². The van der Waals surface area contributed by atoms with Gasteiger partial charge in [-0.15, -0.1) is 0 Å². The van der Waals surface area contributed by atoms with Gasteiger partial charge in [-0.2, -0.15) is 13.1 Å². The minimum absolute atomic E-state index is 0.109. The van der Waals surface area contributed by atoms with Gasteiger partial charge >= 0.3 is 22.4 Å². The van der Waals surface area contributed by atoms with E-state index in [1.54, 1.807) is 20.8 Å². The van der Waals surface area contributed by atoms with E-state index < -0.39 is 69.1 Å². The molecule has 0 spiro atoms. The maximum atomic E-state index is 13.8. The zero-order chi connectivity index (χ0) is 25.6. The highest BCUT2D eigenvalue weighted by molar-refractivity contribution is 7.85. The lowest BCUT2D eigenvalue weighted by Crippen LogP contribution is -2.54. The summed E-state index contributed by atoms with van der Waals surface area (Å²) in [6, 6.07) is 1.08. The lowest BCUT2D eigenvalue weighted by Gasteiger charge is -2.30. The molecule has 0 fully saturated rings. The maximum absolute atomic E-state index is 13.8. The van der Waals surface area contributed by atoms with E-state index in [4.69, 9.17) is 4.74 Å². The summed E-state index contributed by atoms with van der Waals surface area (Å²) >= 11 is 0. The summed E-state index contributed by atoms with van der Waals surface area (Å²) in [7, 11) is -4.80. The number of Topliss-reactive ketones (excluding diaryl/α,β-unsaturated/α-hetero) is 1. The number of carbonyl (C=O) groups is 3. The van der Waals surface area contributed by atoms with Crippen molar-refractivity contribution in [1.82, 2.24) is 10.0 Å². The molecule has 0 radical (unpaired) electrons. The highest BCUT2D eigenvalue weighted by Gasteiger charge is 2.37. The van der Waals surface area contributed by atoms with Gasteiger partial charge in [0.2, 0.25) is 5.75 Å². The van der Waals surface area contributed by atoms with Crippen LogP contribution in [0.1, 0.15) is 48.0 Å². The standard InChI is InChI=1S/C20H28F2N2O8S/c1-7-30-17(26)15(25)14(23-18(27)31-19(2,3)4)11-20(5,6)24-33(28,29)32-16-12(21)9-8-10-13(16)22/h8-10,14,24H,7,11H2,1-6H3,(H,23,27)/t14-/m0/s1. The van der Waals surface area contributed by atoms with Crippen LogP contribution in [0.25, 0.3) is 0 Å². The van der Waals surface area contributed by atoms with Crippen molar-refractivity contribution >= 4 is 28.1 Å². The first-order valence-corrected chi connectivity index (χ1v) is 11.2. The van der Waals surface area contributed by atoms with Crippen molar-refractivity contribution in [2.45, 2.75) is 65.1 Å². The number of ketones is 1. The lowest BCUT2D eigenvalue weighted by molar-refractivity contribution is -0.154. The number of esters is 1. The summed E-state index contributed by atoms with van der Waals surface area (Å²) in [6.45, 7) is 8.69. The molecule has 0 unspecified atom stereocenters. The Morgan fingerprint density at radius 1 is 1.06 bits per heavy atom. The number of rotatable bonds is 10. The molecule has 1 atom stereocenters. The Morgan fingerprint density at radius 3 is 2.09 bits per heavy atom. The molecule has 1 rings (SSSR count). The van der Waals surface area contributed by atoms with Crippen LogP contribution >= 0.6 is 0 Å². The van der Waals surface area contributed by atoms with Gasteiger partial charge in [0.15, 0.2) is 11.6 Å². The van der Waals surface area contributed by atoms with Crippen LogP contribution in [0, 0.1) is 11.6 Å². The number of nitrogens with one attached hydrogen (secondary N) is 2. The Morgan fingerprint density at radius 2 is 1.61 bits per heavy atom. The van der Waals surface area contributed by atoms with Crippen LogP contribution in [0.2, 0.25) is 0 Å². The number of para-hydroxylation sites is 1. The molecule has 0 bridgehead atoms. The number of alkyl carbamates (subject to hydrolysis) is 1. The molecule has 0 heterocycles. The van der Waals surface area contributed by atoms with Crippen LogP contribution in [0.15, 0.2) is 18.2 Å². The molecule has 1 aromatic carbocycles. The molecule has 0 aromatic heterocycles. The second-order valence-corrected chi connectivity index (χ2v) is 9.84. The van der Waals surface area contributed by atoms with E-state index >= 15 is 0 Å². The molecule has 0 saturated carbocycles. The summed E-state index contributed by atoms with van der Waals surface area (Å²) in [6.07, 6.45) is -1.50. The number of hydrogen-bond acceptors (Lipinski definition) is 8. The zero-order valence-electron chi connectivity index (χ0n) is 19.2. The normalized spacial score (nSPS) is 13.1. The van der Waals surface area contributed by atoms with Crippen molar-refractivity contribution in [2.24, 2.45) is 0 Å². The molecule has 13 heteroatoms. The number of halogens is 2. The summed E-state index contributed by atoms with van der Waals surface area (Å²) < 4.78 is 68.5. The predicted molar refractivity (Wildman–Crippen MR) is 113 cm³/mol. The monoisotopic (exact) mass is 494 g/mol. The summed E-state index contributed by atoms with van der Waals surface area (Å²) in [5.74, 6) is -6.05. The van der Waals surface area contributed by atoms with E-state index in [1.165, 1.54) is 20.8 Å². The van der Waals surface area contributed by atoms with E-state index in [-0.39, 0.29) is 6.61 Å². The smallest absolute Gasteiger partial charge is 0.408 e. The predicted octanol–water partition coefficient (Wildman–Crippen LogP) is 2.37. The average molecular weight is 495 g/mol. The van der Waals surface area contributed by atoms with Crippen molar-refractivity contribution in [1.29, 1.82) is 0 Å². The van der Waals surface area contributed by atoms with E-state index in [9.17, 15) is 31.6 Å². The molecule has 0 aliphatic rings. The van der Waals surface area contributed by atoms with Gasteiger partial charge in [0.25, 0.3) is 5.78 Å². The van der Waals surface area contributed by atoms with Gasteiger partial charge in [0, 0.05) is 5.54 Å². The first-order valence-electron chi connectivity index (χ1n) is 9.84. The van der Waals surface area contributed by atoms with Gasteiger partial charge in [-0.1, -0.05) is 6.07 Å². The third kappa shape index (κ3) is 9.70. The van der Waals surface area contributed by atoms with Crippen LogP contribution in [-0.2, 0) is 29.4 Å². The Bertz CT molecular complexity index is 970. The van der Waals surface area contributed by atoms with Crippen LogP contribution < -0.4 is 14.2 Å². The van der Waals surface area contributed by atoms with Crippen molar-refractivity contribution < 1.29 is 45.2 Å². The molecule has 10 nitrogen and oxygen atoms in total. The highest BCUT2D eigenvalue weighted by atomic mass is 32.2. The molecular formula is C20H28F2N2O8S. The van der Waals surface area contributed by atoms with Crippen molar-refractivity contribution in [2.75, 3.05) is 6.61 Å². The molecule has 33 heavy (non-hydrogen) atoms. The SMILES string of the molecule is CCOC(=O)C(=O)[C@H](CC(C)(C)NS(=O)(=O)Oc1c(F)cccc1F)NC(=O)OC(C)(C)C. The Hall–Kier alpha value is -2.80. The number of benzene rings is 1. The summed E-state index contributed by atoms with van der Waals surface area (Å²) in [5, 5.41) is 2.22. The largest absolute Gasteiger partial charge is 0.460 e. The van der Waals surface area contributed by atoms with Crippen molar-refractivity contribution in [3.63, 3.8) is 0 Å². The topological polar surface area (TPSA) is 137 Å². The average Bonchev–Trinajstić information content (AvgIpc) is 2.61. The summed E-state index contributed by atoms with van der Waals surface area (Å²) in [4.78, 5) is 36.6. The first kappa shape index (κ1) is 28.2. The molecular weight excluding hydrogens is 466 g/mol. The van der Waals surface area contributed by atoms with Crippen molar-refractivity contribution in [3.8, 4) is 5.75 Å².